The summed E-state index contributed by atoms with van der Waals surface area (Å²) in [6.45, 7) is 3.13. The molecule has 1 unspecified atom stereocenters. The third-order valence-corrected chi connectivity index (χ3v) is 5.98. The number of nitrogens with zero attached hydrogens (tertiary/aromatic N) is 1. The van der Waals surface area contributed by atoms with Crippen LogP contribution in [0.1, 0.15) is 40.7 Å². The van der Waals surface area contributed by atoms with Crippen molar-refractivity contribution in [2.24, 2.45) is 0 Å². The van der Waals surface area contributed by atoms with Gasteiger partial charge in [0.25, 0.3) is 0 Å². The van der Waals surface area contributed by atoms with E-state index in [1.165, 1.54) is 22.3 Å². The van der Waals surface area contributed by atoms with E-state index in [1.807, 2.05) is 0 Å². The third-order valence-electron chi connectivity index (χ3n) is 5.98. The normalized spacial score (nSPS) is 24.8. The second-order valence-corrected chi connectivity index (χ2v) is 7.71. The van der Waals surface area contributed by atoms with Gasteiger partial charge in [0.05, 0.1) is 6.10 Å². The van der Waals surface area contributed by atoms with E-state index >= 15 is 0 Å². The highest BCUT2D eigenvalue weighted by Gasteiger charge is 2.39. The van der Waals surface area contributed by atoms with E-state index in [0.29, 0.717) is 5.92 Å². The average Bonchev–Trinajstić information content (AvgIpc) is 2.74. The summed E-state index contributed by atoms with van der Waals surface area (Å²) >= 11 is 0. The molecule has 2 aliphatic heterocycles. The summed E-state index contributed by atoms with van der Waals surface area (Å²) in [5, 5.41) is 0. The maximum atomic E-state index is 6.73. The highest BCUT2D eigenvalue weighted by molar-refractivity contribution is 5.41. The summed E-state index contributed by atoms with van der Waals surface area (Å²) in [5.41, 5.74) is 5.47. The minimum absolute atomic E-state index is 0.0420. The number of likely N-dealkylation sites (tertiary alicyclic amines) is 1. The van der Waals surface area contributed by atoms with E-state index in [4.69, 9.17) is 4.74 Å². The molecule has 0 aliphatic carbocycles. The monoisotopic (exact) mass is 355 g/mol. The maximum absolute atomic E-state index is 6.73. The number of fused-ring (bicyclic) bond motifs is 3. The SMILES string of the molecule is c1ccc(CN2CC[C@@H]3c4ccccc4C(c4ccccc4)O[C@H]3C2)cc1. The lowest BCUT2D eigenvalue weighted by Gasteiger charge is -2.45. The second-order valence-electron chi connectivity index (χ2n) is 7.71. The van der Waals surface area contributed by atoms with E-state index in [1.54, 1.807) is 0 Å². The molecule has 0 spiro atoms. The van der Waals surface area contributed by atoms with E-state index in [-0.39, 0.29) is 12.2 Å². The van der Waals surface area contributed by atoms with Gasteiger partial charge in [-0.25, -0.2) is 0 Å². The Hall–Kier alpha value is -2.42. The molecule has 1 fully saturated rings. The Morgan fingerprint density at radius 3 is 2.22 bits per heavy atom. The zero-order valence-electron chi connectivity index (χ0n) is 15.5. The van der Waals surface area contributed by atoms with Gasteiger partial charge >= 0.3 is 0 Å². The molecule has 0 N–H and O–H groups in total. The first kappa shape index (κ1) is 16.7. The van der Waals surface area contributed by atoms with Gasteiger partial charge in [0.1, 0.15) is 6.10 Å². The van der Waals surface area contributed by atoms with E-state index in [0.717, 1.165) is 26.1 Å². The van der Waals surface area contributed by atoms with Gasteiger partial charge in [-0.05, 0) is 35.2 Å². The molecule has 0 saturated carbocycles. The van der Waals surface area contributed by atoms with Crippen molar-refractivity contribution >= 4 is 0 Å². The summed E-state index contributed by atoms with van der Waals surface area (Å²) in [4.78, 5) is 2.55. The van der Waals surface area contributed by atoms with Gasteiger partial charge in [-0.2, -0.15) is 0 Å². The maximum Gasteiger partial charge on any atom is 0.108 e. The molecule has 0 aromatic heterocycles. The van der Waals surface area contributed by atoms with Gasteiger partial charge in [-0.3, -0.25) is 4.90 Å². The van der Waals surface area contributed by atoms with Crippen LogP contribution in [0.4, 0.5) is 0 Å². The standard InChI is InChI=1S/C25H25NO/c1-3-9-19(10-4-1)17-26-16-15-22-21-13-7-8-14-23(21)25(27-24(22)18-26)20-11-5-2-6-12-20/h1-14,22,24-25H,15-18H2/t22-,24+,25?/m1/s1. The van der Waals surface area contributed by atoms with Crippen molar-refractivity contribution in [1.29, 1.82) is 0 Å². The number of hydrogen-bond donors (Lipinski definition) is 0. The van der Waals surface area contributed by atoms with Crippen LogP contribution in [-0.4, -0.2) is 24.1 Å². The number of ether oxygens (including phenoxy) is 1. The van der Waals surface area contributed by atoms with Crippen molar-refractivity contribution in [2.45, 2.75) is 31.1 Å². The Balaban J connectivity index is 1.42. The van der Waals surface area contributed by atoms with Crippen LogP contribution in [-0.2, 0) is 11.3 Å². The smallest absolute Gasteiger partial charge is 0.108 e. The van der Waals surface area contributed by atoms with Gasteiger partial charge < -0.3 is 4.74 Å². The lowest BCUT2D eigenvalue weighted by atomic mass is 9.79. The zero-order chi connectivity index (χ0) is 18.1. The van der Waals surface area contributed by atoms with Crippen LogP contribution >= 0.6 is 0 Å². The molecule has 3 atom stereocenters. The Kier molecular flexibility index (Phi) is 4.52. The molecule has 3 aromatic rings. The van der Waals surface area contributed by atoms with Crippen LogP contribution in [0.3, 0.4) is 0 Å². The van der Waals surface area contributed by atoms with Crippen molar-refractivity contribution in [3.05, 3.63) is 107 Å². The molecular weight excluding hydrogens is 330 g/mol. The molecule has 0 bridgehead atoms. The fourth-order valence-corrected chi connectivity index (χ4v) is 4.68. The van der Waals surface area contributed by atoms with Gasteiger partial charge in [0, 0.05) is 19.0 Å². The van der Waals surface area contributed by atoms with Crippen LogP contribution in [0.2, 0.25) is 0 Å². The fourth-order valence-electron chi connectivity index (χ4n) is 4.68. The van der Waals surface area contributed by atoms with Crippen molar-refractivity contribution < 1.29 is 4.74 Å². The third kappa shape index (κ3) is 3.31. The van der Waals surface area contributed by atoms with E-state index in [2.05, 4.69) is 89.8 Å². The molecule has 136 valence electrons. The summed E-state index contributed by atoms with van der Waals surface area (Å²) in [5.74, 6) is 0.508. The molecule has 2 nitrogen and oxygen atoms in total. The molecule has 2 aliphatic rings. The zero-order valence-corrected chi connectivity index (χ0v) is 15.5. The number of benzene rings is 3. The fraction of sp³-hybridized carbons (Fsp3) is 0.280. The van der Waals surface area contributed by atoms with Gasteiger partial charge in [0.15, 0.2) is 0 Å². The highest BCUT2D eigenvalue weighted by atomic mass is 16.5. The summed E-state index contributed by atoms with van der Waals surface area (Å²) in [7, 11) is 0. The van der Waals surface area contributed by atoms with Crippen molar-refractivity contribution in [3.63, 3.8) is 0 Å². The van der Waals surface area contributed by atoms with Crippen molar-refractivity contribution in [1.82, 2.24) is 4.90 Å². The number of piperidine rings is 1. The molecule has 27 heavy (non-hydrogen) atoms. The van der Waals surface area contributed by atoms with Crippen molar-refractivity contribution in [3.8, 4) is 0 Å². The molecule has 2 heteroatoms. The molecular formula is C25H25NO. The summed E-state index contributed by atoms with van der Waals surface area (Å²) in [6, 6.07) is 30.3. The van der Waals surface area contributed by atoms with E-state index < -0.39 is 0 Å². The second kappa shape index (κ2) is 7.30. The topological polar surface area (TPSA) is 12.5 Å². The largest absolute Gasteiger partial charge is 0.364 e. The lowest BCUT2D eigenvalue weighted by molar-refractivity contribution is -0.0605. The number of rotatable bonds is 3. The first-order valence-corrected chi connectivity index (χ1v) is 9.94. The minimum Gasteiger partial charge on any atom is -0.364 e. The molecule has 0 amide bonds. The van der Waals surface area contributed by atoms with Crippen LogP contribution in [0.15, 0.2) is 84.9 Å². The Labute approximate surface area is 161 Å². The van der Waals surface area contributed by atoms with Gasteiger partial charge in [-0.15, -0.1) is 0 Å². The van der Waals surface area contributed by atoms with Crippen LogP contribution < -0.4 is 0 Å². The quantitative estimate of drug-likeness (QED) is 0.643. The van der Waals surface area contributed by atoms with Gasteiger partial charge in [0.2, 0.25) is 0 Å². The number of hydrogen-bond acceptors (Lipinski definition) is 2. The predicted molar refractivity (Wildman–Crippen MR) is 109 cm³/mol. The molecule has 3 aromatic carbocycles. The summed E-state index contributed by atoms with van der Waals surface area (Å²) in [6.07, 6.45) is 1.46. The van der Waals surface area contributed by atoms with Crippen LogP contribution in [0.5, 0.6) is 0 Å². The average molecular weight is 355 g/mol. The Morgan fingerprint density at radius 1 is 0.778 bits per heavy atom. The highest BCUT2D eigenvalue weighted by Crippen LogP contribution is 2.44. The molecule has 5 rings (SSSR count). The van der Waals surface area contributed by atoms with Crippen LogP contribution in [0.25, 0.3) is 0 Å². The predicted octanol–water partition coefficient (Wildman–Crippen LogP) is 5.16. The van der Waals surface area contributed by atoms with E-state index in [9.17, 15) is 0 Å². The molecule has 1 saturated heterocycles. The van der Waals surface area contributed by atoms with Crippen molar-refractivity contribution in [2.75, 3.05) is 13.1 Å². The Bertz CT molecular complexity index is 892. The first-order valence-electron chi connectivity index (χ1n) is 9.94. The molecule has 0 radical (unpaired) electrons. The lowest BCUT2D eigenvalue weighted by Crippen LogP contribution is -2.46. The van der Waals surface area contributed by atoms with Gasteiger partial charge in [-0.1, -0.05) is 84.9 Å². The van der Waals surface area contributed by atoms with Crippen LogP contribution in [0, 0.1) is 0 Å². The first-order chi connectivity index (χ1) is 13.4. The summed E-state index contributed by atoms with van der Waals surface area (Å²) < 4.78 is 6.73. The molecule has 2 heterocycles. The Morgan fingerprint density at radius 2 is 1.44 bits per heavy atom. The minimum atomic E-state index is 0.0420.